The fourth-order valence-electron chi connectivity index (χ4n) is 2.24. The van der Waals surface area contributed by atoms with E-state index in [0.29, 0.717) is 18.7 Å². The van der Waals surface area contributed by atoms with Gasteiger partial charge < -0.3 is 10.2 Å². The van der Waals surface area contributed by atoms with Crippen molar-refractivity contribution in [1.29, 1.82) is 0 Å². The van der Waals surface area contributed by atoms with Crippen LogP contribution in [0.15, 0.2) is 22.7 Å². The Balaban J connectivity index is 1.91. The number of likely N-dealkylation sites (tertiary alicyclic amines) is 1. The minimum absolute atomic E-state index is 0.0156. The highest BCUT2D eigenvalue weighted by Gasteiger charge is 2.18. The van der Waals surface area contributed by atoms with Crippen LogP contribution in [0.3, 0.4) is 0 Å². The highest BCUT2D eigenvalue weighted by molar-refractivity contribution is 9.10. The van der Waals surface area contributed by atoms with E-state index in [1.54, 1.807) is 12.1 Å². The molecule has 1 fully saturated rings. The molecule has 108 valence electrons. The van der Waals surface area contributed by atoms with Gasteiger partial charge in [-0.2, -0.15) is 0 Å². The summed E-state index contributed by atoms with van der Waals surface area (Å²) in [6, 6.07) is 4.71. The number of carbonyl (C=O) groups excluding carboxylic acids is 1. The lowest BCUT2D eigenvalue weighted by atomic mass is 10.2. The van der Waals surface area contributed by atoms with Crippen molar-refractivity contribution in [2.24, 2.45) is 0 Å². The second kappa shape index (κ2) is 6.69. The summed E-state index contributed by atoms with van der Waals surface area (Å²) < 4.78 is 0.761. The van der Waals surface area contributed by atoms with Crippen molar-refractivity contribution in [3.05, 3.63) is 32.8 Å². The summed E-state index contributed by atoms with van der Waals surface area (Å²) >= 11 is 3.28. The quantitative estimate of drug-likeness (QED) is 0.659. The normalized spacial score (nSPS) is 14.3. The molecule has 0 unspecified atom stereocenters. The van der Waals surface area contributed by atoms with Crippen LogP contribution in [0.4, 0.5) is 11.4 Å². The Kier molecular flexibility index (Phi) is 4.94. The number of nitro benzene ring substituents is 1. The largest absolute Gasteiger partial charge is 0.379 e. The summed E-state index contributed by atoms with van der Waals surface area (Å²) in [7, 11) is 0. The Morgan fingerprint density at radius 2 is 2.10 bits per heavy atom. The molecule has 1 N–H and O–H groups in total. The van der Waals surface area contributed by atoms with Gasteiger partial charge in [-0.15, -0.1) is 0 Å². The van der Waals surface area contributed by atoms with Gasteiger partial charge in [-0.25, -0.2) is 0 Å². The molecule has 1 aliphatic heterocycles. The highest BCUT2D eigenvalue weighted by atomic mass is 79.9. The molecule has 0 aliphatic carbocycles. The number of rotatable bonds is 5. The Morgan fingerprint density at radius 3 is 2.75 bits per heavy atom. The van der Waals surface area contributed by atoms with Gasteiger partial charge >= 0.3 is 0 Å². The molecule has 1 aliphatic rings. The summed E-state index contributed by atoms with van der Waals surface area (Å²) in [4.78, 5) is 24.2. The highest BCUT2D eigenvalue weighted by Crippen LogP contribution is 2.27. The van der Waals surface area contributed by atoms with Crippen molar-refractivity contribution in [3.63, 3.8) is 0 Å². The van der Waals surface area contributed by atoms with E-state index in [4.69, 9.17) is 0 Å². The molecule has 1 aromatic rings. The minimum Gasteiger partial charge on any atom is -0.379 e. The van der Waals surface area contributed by atoms with Gasteiger partial charge in [-0.3, -0.25) is 14.9 Å². The summed E-state index contributed by atoms with van der Waals surface area (Å²) in [5.41, 5.74) is 0.445. The van der Waals surface area contributed by atoms with E-state index in [2.05, 4.69) is 21.2 Å². The molecule has 7 heteroatoms. The van der Waals surface area contributed by atoms with Crippen molar-refractivity contribution in [2.45, 2.75) is 19.3 Å². The molecule has 20 heavy (non-hydrogen) atoms. The standard InChI is InChI=1S/C13H16BrN3O3/c14-10-3-4-12(17(19)20)11(9-10)15-6-5-13(18)16-7-1-2-8-16/h3-4,9,15H,1-2,5-8H2. The van der Waals surface area contributed by atoms with Gasteiger partial charge in [0.2, 0.25) is 5.91 Å². The maximum absolute atomic E-state index is 11.9. The topological polar surface area (TPSA) is 75.5 Å². The Labute approximate surface area is 125 Å². The SMILES string of the molecule is O=C(CCNc1cc(Br)ccc1[N+](=O)[O-])N1CCCC1. The van der Waals surface area contributed by atoms with Crippen LogP contribution in [-0.4, -0.2) is 35.4 Å². The van der Waals surface area contributed by atoms with E-state index in [0.717, 1.165) is 30.4 Å². The lowest BCUT2D eigenvalue weighted by molar-refractivity contribution is -0.384. The smallest absolute Gasteiger partial charge is 0.292 e. The minimum atomic E-state index is -0.433. The van der Waals surface area contributed by atoms with Crippen molar-refractivity contribution in [2.75, 3.05) is 25.0 Å². The van der Waals surface area contributed by atoms with Crippen LogP contribution in [0, 0.1) is 10.1 Å². The number of amides is 1. The van der Waals surface area contributed by atoms with E-state index in [-0.39, 0.29) is 11.6 Å². The van der Waals surface area contributed by atoms with E-state index in [1.165, 1.54) is 6.07 Å². The molecule has 0 spiro atoms. The van der Waals surface area contributed by atoms with Crippen LogP contribution in [0.25, 0.3) is 0 Å². The third-order valence-corrected chi connectivity index (χ3v) is 3.76. The summed E-state index contributed by atoms with van der Waals surface area (Å²) in [5, 5.41) is 13.9. The molecule has 0 bridgehead atoms. The Bertz CT molecular complexity index is 516. The van der Waals surface area contributed by atoms with Crippen molar-refractivity contribution >= 4 is 33.2 Å². The molecule has 1 saturated heterocycles. The molecule has 2 rings (SSSR count). The molecular formula is C13H16BrN3O3. The van der Waals surface area contributed by atoms with Crippen LogP contribution in [0.2, 0.25) is 0 Å². The predicted molar refractivity (Wildman–Crippen MR) is 79.7 cm³/mol. The number of carbonyl (C=O) groups is 1. The summed E-state index contributed by atoms with van der Waals surface area (Å²) in [5.74, 6) is 0.104. The monoisotopic (exact) mass is 341 g/mol. The number of nitrogens with zero attached hydrogens (tertiary/aromatic N) is 2. The molecule has 0 atom stereocenters. The maximum Gasteiger partial charge on any atom is 0.292 e. The second-order valence-corrected chi connectivity index (χ2v) is 5.60. The third-order valence-electron chi connectivity index (χ3n) is 3.27. The molecule has 1 amide bonds. The predicted octanol–water partition coefficient (Wildman–Crippen LogP) is 2.78. The van der Waals surface area contributed by atoms with Gasteiger partial charge in [0.15, 0.2) is 0 Å². The van der Waals surface area contributed by atoms with Gasteiger partial charge in [0, 0.05) is 36.6 Å². The molecule has 0 aromatic heterocycles. The summed E-state index contributed by atoms with van der Waals surface area (Å²) in [6.07, 6.45) is 2.48. The fraction of sp³-hybridized carbons (Fsp3) is 0.462. The zero-order chi connectivity index (χ0) is 14.5. The first-order valence-electron chi connectivity index (χ1n) is 6.53. The third kappa shape index (κ3) is 3.69. The van der Waals surface area contributed by atoms with Crippen molar-refractivity contribution in [3.8, 4) is 0 Å². The average Bonchev–Trinajstić information content (AvgIpc) is 2.92. The van der Waals surface area contributed by atoms with Gasteiger partial charge in [0.25, 0.3) is 5.69 Å². The average molecular weight is 342 g/mol. The first kappa shape index (κ1) is 14.8. The lowest BCUT2D eigenvalue weighted by Gasteiger charge is -2.15. The van der Waals surface area contributed by atoms with Gasteiger partial charge in [0.05, 0.1) is 4.92 Å². The zero-order valence-electron chi connectivity index (χ0n) is 11.0. The molecular weight excluding hydrogens is 326 g/mol. The molecule has 0 saturated carbocycles. The van der Waals surface area contributed by atoms with Gasteiger partial charge in [-0.1, -0.05) is 15.9 Å². The number of hydrogen-bond donors (Lipinski definition) is 1. The van der Waals surface area contributed by atoms with Crippen molar-refractivity contribution < 1.29 is 9.72 Å². The first-order chi connectivity index (χ1) is 9.58. The van der Waals surface area contributed by atoms with Crippen LogP contribution < -0.4 is 5.32 Å². The fourth-order valence-corrected chi connectivity index (χ4v) is 2.60. The number of anilines is 1. The van der Waals surface area contributed by atoms with Gasteiger partial charge in [0.1, 0.15) is 5.69 Å². The first-order valence-corrected chi connectivity index (χ1v) is 7.33. The molecule has 1 aromatic carbocycles. The number of hydrogen-bond acceptors (Lipinski definition) is 4. The van der Waals surface area contributed by atoms with Crippen LogP contribution in [0.5, 0.6) is 0 Å². The van der Waals surface area contributed by atoms with Crippen LogP contribution >= 0.6 is 15.9 Å². The Morgan fingerprint density at radius 1 is 1.40 bits per heavy atom. The molecule has 6 nitrogen and oxygen atoms in total. The van der Waals surface area contributed by atoms with Crippen LogP contribution in [-0.2, 0) is 4.79 Å². The molecule has 1 heterocycles. The van der Waals surface area contributed by atoms with Crippen molar-refractivity contribution in [1.82, 2.24) is 4.90 Å². The van der Waals surface area contributed by atoms with Crippen LogP contribution in [0.1, 0.15) is 19.3 Å². The number of benzene rings is 1. The number of nitro groups is 1. The Hall–Kier alpha value is -1.63. The summed E-state index contributed by atoms with van der Waals surface area (Å²) in [6.45, 7) is 2.05. The van der Waals surface area contributed by atoms with E-state index >= 15 is 0 Å². The van der Waals surface area contributed by atoms with Gasteiger partial charge in [-0.05, 0) is 25.0 Å². The lowest BCUT2D eigenvalue weighted by Crippen LogP contribution is -2.29. The number of nitrogens with one attached hydrogen (secondary N) is 1. The van der Waals surface area contributed by atoms with E-state index in [1.807, 2.05) is 4.90 Å². The number of halogens is 1. The molecule has 0 radical (unpaired) electrons. The maximum atomic E-state index is 11.9. The van der Waals surface area contributed by atoms with E-state index in [9.17, 15) is 14.9 Å². The zero-order valence-corrected chi connectivity index (χ0v) is 12.6. The second-order valence-electron chi connectivity index (χ2n) is 4.68. The van der Waals surface area contributed by atoms with E-state index < -0.39 is 4.92 Å².